The van der Waals surface area contributed by atoms with Gasteiger partial charge in [-0.2, -0.15) is 0 Å². The average molecular weight is 283 g/mol. The molecule has 0 amide bonds. The van der Waals surface area contributed by atoms with Gasteiger partial charge in [0.2, 0.25) is 5.43 Å². The molecule has 0 radical (unpaired) electrons. The molecular weight excluding hydrogens is 273 g/mol. The highest BCUT2D eigenvalue weighted by atomic mass is 19.1. The van der Waals surface area contributed by atoms with Crippen LogP contribution in [-0.4, -0.2) is 12.1 Å². The third-order valence-corrected chi connectivity index (χ3v) is 3.59. The fourth-order valence-corrected chi connectivity index (χ4v) is 2.61. The summed E-state index contributed by atoms with van der Waals surface area (Å²) >= 11 is 0. The number of benzene rings is 2. The molecule has 4 rings (SSSR count). The Labute approximate surface area is 117 Å². The van der Waals surface area contributed by atoms with Crippen molar-refractivity contribution in [3.63, 3.8) is 0 Å². The third kappa shape index (κ3) is 1.57. The van der Waals surface area contributed by atoms with Crippen LogP contribution in [0.25, 0.3) is 33.0 Å². The molecule has 2 heterocycles. The van der Waals surface area contributed by atoms with E-state index in [2.05, 4.69) is 4.98 Å². The van der Waals surface area contributed by atoms with Crippen molar-refractivity contribution in [2.24, 2.45) is 0 Å². The van der Waals surface area contributed by atoms with Gasteiger partial charge in [0, 0.05) is 10.8 Å². The number of pyridine rings is 1. The summed E-state index contributed by atoms with van der Waals surface area (Å²) in [5, 5.41) is 1.12. The molecule has 4 aromatic rings. The van der Waals surface area contributed by atoms with Crippen LogP contribution in [0.3, 0.4) is 0 Å². The summed E-state index contributed by atoms with van der Waals surface area (Å²) in [5.41, 5.74) is 1.44. The Morgan fingerprint density at radius 3 is 2.81 bits per heavy atom. The summed E-state index contributed by atoms with van der Waals surface area (Å²) in [5.74, 6) is 0.148. The molecule has 1 N–H and O–H groups in total. The molecule has 2 aromatic heterocycles. The van der Waals surface area contributed by atoms with E-state index in [-0.39, 0.29) is 11.0 Å². The fraction of sp³-hybridized carbons (Fsp3) is 0.0625. The summed E-state index contributed by atoms with van der Waals surface area (Å²) in [6.45, 7) is 0. The average Bonchev–Trinajstić information content (AvgIpc) is 2.86. The molecule has 21 heavy (non-hydrogen) atoms. The normalized spacial score (nSPS) is 11.5. The van der Waals surface area contributed by atoms with Crippen LogP contribution in [0.5, 0.6) is 5.75 Å². The first-order chi connectivity index (χ1) is 10.2. The fourth-order valence-electron chi connectivity index (χ4n) is 2.61. The summed E-state index contributed by atoms with van der Waals surface area (Å²) in [6.07, 6.45) is 0. The first-order valence-corrected chi connectivity index (χ1v) is 6.40. The maximum Gasteiger partial charge on any atom is 0.232 e. The molecule has 104 valence electrons. The molecule has 0 aliphatic carbocycles. The molecule has 0 aliphatic rings. The second kappa shape index (κ2) is 4.09. The van der Waals surface area contributed by atoms with Crippen LogP contribution < -0.4 is 10.2 Å². The van der Waals surface area contributed by atoms with Gasteiger partial charge < -0.3 is 14.1 Å². The Balaban J connectivity index is 2.28. The molecule has 0 fully saturated rings. The Morgan fingerprint density at radius 1 is 1.14 bits per heavy atom. The van der Waals surface area contributed by atoms with Crippen LogP contribution in [0.1, 0.15) is 0 Å². The number of fused-ring (bicyclic) bond motifs is 4. The summed E-state index contributed by atoms with van der Waals surface area (Å²) < 4.78 is 24.3. The number of H-pyrrole nitrogens is 1. The maximum absolute atomic E-state index is 13.4. The first kappa shape index (κ1) is 12.0. The second-order valence-electron chi connectivity index (χ2n) is 4.79. The minimum atomic E-state index is -0.400. The molecular formula is C16H10FNO3. The van der Waals surface area contributed by atoms with Gasteiger partial charge >= 0.3 is 0 Å². The van der Waals surface area contributed by atoms with Crippen LogP contribution >= 0.6 is 0 Å². The Hall–Kier alpha value is -2.82. The molecule has 0 saturated carbocycles. The van der Waals surface area contributed by atoms with Gasteiger partial charge in [-0.25, -0.2) is 4.39 Å². The van der Waals surface area contributed by atoms with E-state index in [1.54, 1.807) is 6.07 Å². The first-order valence-electron chi connectivity index (χ1n) is 6.40. The van der Waals surface area contributed by atoms with Gasteiger partial charge in [0.15, 0.2) is 16.9 Å². The van der Waals surface area contributed by atoms with Crippen LogP contribution in [-0.2, 0) is 0 Å². The molecule has 4 nitrogen and oxygen atoms in total. The van der Waals surface area contributed by atoms with Crippen molar-refractivity contribution in [3.05, 3.63) is 52.4 Å². The quantitative estimate of drug-likeness (QED) is 0.581. The molecule has 0 spiro atoms. The minimum Gasteiger partial charge on any atom is -0.493 e. The molecule has 2 aromatic carbocycles. The number of aromatic nitrogens is 1. The smallest absolute Gasteiger partial charge is 0.232 e. The van der Waals surface area contributed by atoms with Crippen molar-refractivity contribution < 1.29 is 13.5 Å². The van der Waals surface area contributed by atoms with E-state index in [0.29, 0.717) is 27.8 Å². The lowest BCUT2D eigenvalue weighted by atomic mass is 10.1. The summed E-state index contributed by atoms with van der Waals surface area (Å²) in [7, 11) is 1.54. The lowest BCUT2D eigenvalue weighted by molar-refractivity contribution is 0.412. The van der Waals surface area contributed by atoms with Crippen molar-refractivity contribution in [2.75, 3.05) is 7.11 Å². The number of hydrogen-bond acceptors (Lipinski definition) is 3. The molecule has 0 saturated heterocycles. The lowest BCUT2D eigenvalue weighted by Crippen LogP contribution is -2.02. The zero-order valence-electron chi connectivity index (χ0n) is 11.1. The van der Waals surface area contributed by atoms with E-state index in [9.17, 15) is 9.18 Å². The van der Waals surface area contributed by atoms with E-state index < -0.39 is 5.82 Å². The van der Waals surface area contributed by atoms with Gasteiger partial charge in [0.25, 0.3) is 0 Å². The number of ether oxygens (including phenoxy) is 1. The largest absolute Gasteiger partial charge is 0.493 e. The monoisotopic (exact) mass is 283 g/mol. The van der Waals surface area contributed by atoms with Crippen molar-refractivity contribution in [3.8, 4) is 5.75 Å². The predicted molar refractivity (Wildman–Crippen MR) is 78.4 cm³/mol. The number of halogens is 1. The standard InChI is InChI=1S/C16H10FNO3/c1-20-12-4-2-3-10-13-16(21-15(10)12)14(19)9-6-5-8(17)7-11(9)18-13/h2-7H,1H3,(H,18,19). The molecule has 0 aliphatic heterocycles. The number of aromatic amines is 1. The zero-order chi connectivity index (χ0) is 14.6. The summed E-state index contributed by atoms with van der Waals surface area (Å²) in [4.78, 5) is 15.6. The van der Waals surface area contributed by atoms with Crippen LogP contribution in [0, 0.1) is 5.82 Å². The van der Waals surface area contributed by atoms with Crippen molar-refractivity contribution in [2.45, 2.75) is 0 Å². The molecule has 0 atom stereocenters. The SMILES string of the molecule is COc1cccc2c1oc1c(=O)c3ccc(F)cc3[nH]c12. The van der Waals surface area contributed by atoms with Gasteiger partial charge in [-0.3, -0.25) is 4.79 Å². The lowest BCUT2D eigenvalue weighted by Gasteiger charge is -1.99. The number of methoxy groups -OCH3 is 1. The van der Waals surface area contributed by atoms with Crippen molar-refractivity contribution in [1.29, 1.82) is 0 Å². The number of rotatable bonds is 1. The number of hydrogen-bond donors (Lipinski definition) is 1. The third-order valence-electron chi connectivity index (χ3n) is 3.59. The number of furan rings is 1. The van der Waals surface area contributed by atoms with Crippen LogP contribution in [0.4, 0.5) is 4.39 Å². The maximum atomic E-state index is 13.4. The van der Waals surface area contributed by atoms with Gasteiger partial charge in [0.05, 0.1) is 18.1 Å². The molecule has 5 heteroatoms. The molecule has 0 unspecified atom stereocenters. The molecule has 0 bridgehead atoms. The van der Waals surface area contributed by atoms with E-state index in [0.717, 1.165) is 5.39 Å². The van der Waals surface area contributed by atoms with E-state index in [4.69, 9.17) is 9.15 Å². The van der Waals surface area contributed by atoms with Gasteiger partial charge in [0.1, 0.15) is 5.82 Å². The highest BCUT2D eigenvalue weighted by Gasteiger charge is 2.16. The highest BCUT2D eigenvalue weighted by Crippen LogP contribution is 2.33. The minimum absolute atomic E-state index is 0.216. The van der Waals surface area contributed by atoms with Gasteiger partial charge in [-0.1, -0.05) is 6.07 Å². The van der Waals surface area contributed by atoms with Crippen LogP contribution in [0.2, 0.25) is 0 Å². The zero-order valence-corrected chi connectivity index (χ0v) is 11.1. The van der Waals surface area contributed by atoms with Gasteiger partial charge in [-0.15, -0.1) is 0 Å². The summed E-state index contributed by atoms with van der Waals surface area (Å²) in [6, 6.07) is 9.40. The Bertz CT molecular complexity index is 1060. The highest BCUT2D eigenvalue weighted by molar-refractivity contribution is 6.07. The van der Waals surface area contributed by atoms with Crippen LogP contribution in [0.15, 0.2) is 45.6 Å². The number of nitrogens with one attached hydrogen (secondary N) is 1. The van der Waals surface area contributed by atoms with Crippen molar-refractivity contribution in [1.82, 2.24) is 4.98 Å². The van der Waals surface area contributed by atoms with E-state index in [1.165, 1.54) is 25.3 Å². The van der Waals surface area contributed by atoms with Crippen molar-refractivity contribution >= 4 is 33.0 Å². The van der Waals surface area contributed by atoms with E-state index in [1.807, 2.05) is 12.1 Å². The Kier molecular flexibility index (Phi) is 2.33. The second-order valence-corrected chi connectivity index (χ2v) is 4.79. The van der Waals surface area contributed by atoms with Gasteiger partial charge in [-0.05, 0) is 30.3 Å². The predicted octanol–water partition coefficient (Wildman–Crippen LogP) is 3.58. The topological polar surface area (TPSA) is 55.2 Å². The van der Waals surface area contributed by atoms with E-state index >= 15 is 0 Å². The number of para-hydroxylation sites is 1. The Morgan fingerprint density at radius 2 is 2.00 bits per heavy atom.